The van der Waals surface area contributed by atoms with Crippen molar-refractivity contribution < 1.29 is 18.8 Å². The standard InChI is InChI=1S/C31H24Cl2FN3O3S/c1-19(29(38)35-23-14-15-25(32)26(33)18-23)41-24-12-7-11-22(17-24)36-31(40)28(16-21-10-5-6-13-27(21)34)37-30(39)20-8-3-2-4-9-20/h2-19H,1H3,(H,35,38)(H,36,40)(H,37,39)/b28-16-. The minimum atomic E-state index is -0.648. The first kappa shape index (κ1) is 29.9. The fourth-order valence-corrected chi connectivity index (χ4v) is 4.84. The van der Waals surface area contributed by atoms with Crippen LogP contribution in [0, 0.1) is 5.82 Å². The van der Waals surface area contributed by atoms with Crippen LogP contribution in [0.15, 0.2) is 108 Å². The zero-order valence-corrected chi connectivity index (χ0v) is 24.0. The lowest BCUT2D eigenvalue weighted by Crippen LogP contribution is -2.30. The van der Waals surface area contributed by atoms with Gasteiger partial charge >= 0.3 is 0 Å². The molecule has 0 spiro atoms. The van der Waals surface area contributed by atoms with Crippen molar-refractivity contribution in [1.82, 2.24) is 5.32 Å². The molecule has 0 bridgehead atoms. The summed E-state index contributed by atoms with van der Waals surface area (Å²) in [6, 6.07) is 26.0. The number of hydrogen-bond donors (Lipinski definition) is 3. The molecule has 10 heteroatoms. The van der Waals surface area contributed by atoms with Crippen LogP contribution in [0.4, 0.5) is 15.8 Å². The highest BCUT2D eigenvalue weighted by Crippen LogP contribution is 2.29. The Labute approximate surface area is 250 Å². The quantitative estimate of drug-likeness (QED) is 0.135. The minimum Gasteiger partial charge on any atom is -0.325 e. The van der Waals surface area contributed by atoms with E-state index in [1.807, 2.05) is 0 Å². The molecule has 0 aromatic heterocycles. The Morgan fingerprint density at radius 3 is 2.24 bits per heavy atom. The average Bonchev–Trinajstić information content (AvgIpc) is 2.96. The van der Waals surface area contributed by atoms with E-state index < -0.39 is 22.9 Å². The van der Waals surface area contributed by atoms with E-state index >= 15 is 0 Å². The van der Waals surface area contributed by atoms with Gasteiger partial charge in [-0.1, -0.05) is 65.7 Å². The van der Waals surface area contributed by atoms with Gasteiger partial charge in [-0.05, 0) is 67.6 Å². The smallest absolute Gasteiger partial charge is 0.272 e. The van der Waals surface area contributed by atoms with Gasteiger partial charge in [0.25, 0.3) is 11.8 Å². The first-order chi connectivity index (χ1) is 19.7. The monoisotopic (exact) mass is 607 g/mol. The van der Waals surface area contributed by atoms with Gasteiger partial charge < -0.3 is 16.0 Å². The van der Waals surface area contributed by atoms with Crippen molar-refractivity contribution in [3.8, 4) is 0 Å². The highest BCUT2D eigenvalue weighted by atomic mass is 35.5. The molecule has 0 saturated heterocycles. The van der Waals surface area contributed by atoms with Gasteiger partial charge in [-0.3, -0.25) is 14.4 Å². The fraction of sp³-hybridized carbons (Fsp3) is 0.0645. The molecule has 4 aromatic carbocycles. The predicted octanol–water partition coefficient (Wildman–Crippen LogP) is 7.66. The largest absolute Gasteiger partial charge is 0.325 e. The molecule has 0 aliphatic heterocycles. The Morgan fingerprint density at radius 1 is 0.805 bits per heavy atom. The van der Waals surface area contributed by atoms with E-state index in [0.717, 1.165) is 0 Å². The van der Waals surface area contributed by atoms with E-state index in [1.54, 1.807) is 85.8 Å². The summed E-state index contributed by atoms with van der Waals surface area (Å²) < 4.78 is 14.4. The number of anilines is 2. The average molecular weight is 609 g/mol. The summed E-state index contributed by atoms with van der Waals surface area (Å²) in [6.07, 6.45) is 1.28. The summed E-state index contributed by atoms with van der Waals surface area (Å²) in [5.74, 6) is -1.96. The number of carbonyl (C=O) groups is 3. The van der Waals surface area contributed by atoms with Crippen molar-refractivity contribution in [3.63, 3.8) is 0 Å². The first-order valence-corrected chi connectivity index (χ1v) is 14.0. The number of benzene rings is 4. The van der Waals surface area contributed by atoms with E-state index in [4.69, 9.17) is 23.2 Å². The van der Waals surface area contributed by atoms with Crippen molar-refractivity contribution in [1.29, 1.82) is 0 Å². The van der Waals surface area contributed by atoms with Gasteiger partial charge in [-0.15, -0.1) is 11.8 Å². The third-order valence-electron chi connectivity index (χ3n) is 5.69. The number of amides is 3. The lowest BCUT2D eigenvalue weighted by atomic mass is 10.1. The molecular weight excluding hydrogens is 584 g/mol. The van der Waals surface area contributed by atoms with Crippen LogP contribution >= 0.6 is 35.0 Å². The molecule has 4 aromatic rings. The number of thioether (sulfide) groups is 1. The highest BCUT2D eigenvalue weighted by molar-refractivity contribution is 8.00. The molecule has 1 unspecified atom stereocenters. The lowest BCUT2D eigenvalue weighted by Gasteiger charge is -2.14. The Balaban J connectivity index is 1.48. The number of rotatable bonds is 9. The normalized spacial score (nSPS) is 11.9. The van der Waals surface area contributed by atoms with Crippen LogP contribution in [0.25, 0.3) is 6.08 Å². The predicted molar refractivity (Wildman–Crippen MR) is 164 cm³/mol. The van der Waals surface area contributed by atoms with Crippen LogP contribution in [-0.2, 0) is 9.59 Å². The van der Waals surface area contributed by atoms with Crippen LogP contribution < -0.4 is 16.0 Å². The molecule has 0 saturated carbocycles. The van der Waals surface area contributed by atoms with E-state index in [2.05, 4.69) is 16.0 Å². The maximum absolute atomic E-state index is 14.4. The van der Waals surface area contributed by atoms with E-state index in [9.17, 15) is 18.8 Å². The van der Waals surface area contributed by atoms with Crippen molar-refractivity contribution in [2.45, 2.75) is 17.1 Å². The number of halogens is 3. The molecule has 6 nitrogen and oxygen atoms in total. The van der Waals surface area contributed by atoms with Crippen LogP contribution in [0.3, 0.4) is 0 Å². The van der Waals surface area contributed by atoms with Gasteiger partial charge in [-0.25, -0.2) is 4.39 Å². The molecule has 0 fully saturated rings. The lowest BCUT2D eigenvalue weighted by molar-refractivity contribution is -0.115. The van der Waals surface area contributed by atoms with E-state index in [0.29, 0.717) is 31.9 Å². The van der Waals surface area contributed by atoms with Gasteiger partial charge in [0.15, 0.2) is 0 Å². The van der Waals surface area contributed by atoms with E-state index in [1.165, 1.54) is 36.0 Å². The fourth-order valence-electron chi connectivity index (χ4n) is 3.61. The van der Waals surface area contributed by atoms with Gasteiger partial charge in [-0.2, -0.15) is 0 Å². The third-order valence-corrected chi connectivity index (χ3v) is 7.53. The zero-order valence-electron chi connectivity index (χ0n) is 21.7. The molecule has 0 aliphatic carbocycles. The maximum atomic E-state index is 14.4. The third kappa shape index (κ3) is 8.44. The second-order valence-electron chi connectivity index (χ2n) is 8.76. The van der Waals surface area contributed by atoms with E-state index in [-0.39, 0.29) is 17.2 Å². The summed E-state index contributed by atoms with van der Waals surface area (Å²) in [5, 5.41) is 8.36. The Hall–Kier alpha value is -4.11. The first-order valence-electron chi connectivity index (χ1n) is 12.4. The Morgan fingerprint density at radius 2 is 1.51 bits per heavy atom. The van der Waals surface area contributed by atoms with Crippen LogP contribution in [-0.4, -0.2) is 23.0 Å². The summed E-state index contributed by atoms with van der Waals surface area (Å²) in [7, 11) is 0. The van der Waals surface area contributed by atoms with Gasteiger partial charge in [0.2, 0.25) is 5.91 Å². The number of carbonyl (C=O) groups excluding carboxylic acids is 3. The molecule has 0 radical (unpaired) electrons. The molecular formula is C31H24Cl2FN3O3S. The molecule has 0 heterocycles. The number of hydrogen-bond acceptors (Lipinski definition) is 4. The summed E-state index contributed by atoms with van der Waals surface area (Å²) >= 11 is 13.3. The Kier molecular flexibility index (Phi) is 10.2. The summed E-state index contributed by atoms with van der Waals surface area (Å²) in [4.78, 5) is 39.5. The van der Waals surface area contributed by atoms with Crippen molar-refractivity contribution in [2.75, 3.05) is 10.6 Å². The second kappa shape index (κ2) is 14.0. The summed E-state index contributed by atoms with van der Waals surface area (Å²) in [5.41, 5.74) is 1.27. The summed E-state index contributed by atoms with van der Waals surface area (Å²) in [6.45, 7) is 1.75. The SMILES string of the molecule is CC(Sc1cccc(NC(=O)/C(=C/c2ccccc2F)NC(=O)c2ccccc2)c1)C(=O)Nc1ccc(Cl)c(Cl)c1. The number of nitrogens with one attached hydrogen (secondary N) is 3. The minimum absolute atomic E-state index is 0.136. The van der Waals surface area contributed by atoms with Crippen LogP contribution in [0.1, 0.15) is 22.8 Å². The molecule has 208 valence electrons. The molecule has 1 atom stereocenters. The van der Waals surface area contributed by atoms with Crippen LogP contribution in [0.2, 0.25) is 10.0 Å². The topological polar surface area (TPSA) is 87.3 Å². The van der Waals surface area contributed by atoms with Crippen molar-refractivity contribution >= 4 is 70.1 Å². The second-order valence-corrected chi connectivity index (χ2v) is 11.0. The van der Waals surface area contributed by atoms with Crippen LogP contribution in [0.5, 0.6) is 0 Å². The highest BCUT2D eigenvalue weighted by Gasteiger charge is 2.18. The molecule has 4 rings (SSSR count). The molecule has 41 heavy (non-hydrogen) atoms. The Bertz CT molecular complexity index is 1620. The van der Waals surface area contributed by atoms with Gasteiger partial charge in [0.05, 0.1) is 15.3 Å². The van der Waals surface area contributed by atoms with Gasteiger partial charge in [0.1, 0.15) is 11.5 Å². The maximum Gasteiger partial charge on any atom is 0.272 e. The molecule has 3 N–H and O–H groups in total. The van der Waals surface area contributed by atoms with Crippen molar-refractivity contribution in [2.24, 2.45) is 0 Å². The molecule has 0 aliphatic rings. The van der Waals surface area contributed by atoms with Gasteiger partial charge in [0, 0.05) is 27.4 Å². The molecule has 3 amide bonds. The zero-order chi connectivity index (χ0) is 29.4. The van der Waals surface area contributed by atoms with Crippen molar-refractivity contribution in [3.05, 3.63) is 130 Å².